The zero-order chi connectivity index (χ0) is 33.7. The van der Waals surface area contributed by atoms with Crippen molar-refractivity contribution in [2.24, 2.45) is 0 Å². The van der Waals surface area contributed by atoms with E-state index >= 15 is 0 Å². The summed E-state index contributed by atoms with van der Waals surface area (Å²) in [6.07, 6.45) is 28.2. The number of hydrogen-bond donors (Lipinski definition) is 2. The van der Waals surface area contributed by atoms with Crippen molar-refractivity contribution >= 4 is 13.7 Å². The fraction of sp³-hybridized carbons (Fsp3) is 0.972. The van der Waals surface area contributed by atoms with E-state index in [1.54, 1.807) is 0 Å². The first-order chi connectivity index (χ1) is 21.5. The molecular formula is C36H75N2O6P. The van der Waals surface area contributed by atoms with Crippen LogP contribution < -0.4 is 10.2 Å². The lowest BCUT2D eigenvalue weighted by molar-refractivity contribution is -0.870. The van der Waals surface area contributed by atoms with Gasteiger partial charge in [0.1, 0.15) is 13.2 Å². The monoisotopic (exact) mass is 663 g/mol. The maximum atomic E-state index is 12.7. The van der Waals surface area contributed by atoms with Crippen LogP contribution in [0.5, 0.6) is 0 Å². The molecule has 8 nitrogen and oxygen atoms in total. The van der Waals surface area contributed by atoms with Crippen molar-refractivity contribution in [2.45, 2.75) is 187 Å². The van der Waals surface area contributed by atoms with Gasteiger partial charge in [-0.05, 0) is 12.8 Å². The summed E-state index contributed by atoms with van der Waals surface area (Å²) in [4.78, 5) is 25.1. The lowest BCUT2D eigenvalue weighted by Gasteiger charge is -2.30. The zero-order valence-corrected chi connectivity index (χ0v) is 31.2. The zero-order valence-electron chi connectivity index (χ0n) is 30.3. The number of rotatable bonds is 34. The van der Waals surface area contributed by atoms with Crippen LogP contribution in [0.25, 0.3) is 0 Å². The number of quaternary nitrogens is 1. The van der Waals surface area contributed by atoms with Gasteiger partial charge in [0, 0.05) is 6.42 Å². The Bertz CT molecular complexity index is 718. The highest BCUT2D eigenvalue weighted by Gasteiger charge is 2.24. The minimum absolute atomic E-state index is 0.0153. The molecule has 9 heteroatoms. The normalized spacial score (nSPS) is 14.7. The van der Waals surface area contributed by atoms with Crippen LogP contribution in [0, 0.1) is 0 Å². The summed E-state index contributed by atoms with van der Waals surface area (Å²) in [5.41, 5.74) is 0. The van der Waals surface area contributed by atoms with Crippen LogP contribution in [0.3, 0.4) is 0 Å². The Kier molecular flexibility index (Phi) is 29.3. The predicted octanol–water partition coefficient (Wildman–Crippen LogP) is 8.83. The first-order valence-electron chi connectivity index (χ1n) is 18.9. The number of likely N-dealkylation sites (N-methyl/N-ethyl adjacent to an activating group) is 1. The highest BCUT2D eigenvalue weighted by atomic mass is 31.2. The van der Waals surface area contributed by atoms with Crippen molar-refractivity contribution in [1.82, 2.24) is 5.32 Å². The number of aliphatic hydroxyl groups is 1. The van der Waals surface area contributed by atoms with E-state index in [-0.39, 0.29) is 19.1 Å². The van der Waals surface area contributed by atoms with Crippen molar-refractivity contribution in [3.05, 3.63) is 0 Å². The first-order valence-corrected chi connectivity index (χ1v) is 20.3. The molecule has 0 aliphatic carbocycles. The highest BCUT2D eigenvalue weighted by molar-refractivity contribution is 7.45. The highest BCUT2D eigenvalue weighted by Crippen LogP contribution is 2.38. The van der Waals surface area contributed by atoms with Gasteiger partial charge in [-0.3, -0.25) is 9.36 Å². The molecule has 270 valence electrons. The molecule has 0 saturated heterocycles. The van der Waals surface area contributed by atoms with Crippen LogP contribution in [0.1, 0.15) is 174 Å². The molecule has 0 aliphatic heterocycles. The third-order valence-electron chi connectivity index (χ3n) is 8.60. The van der Waals surface area contributed by atoms with Gasteiger partial charge in [0.2, 0.25) is 5.91 Å². The number of amides is 1. The molecule has 3 atom stereocenters. The lowest BCUT2D eigenvalue weighted by Crippen LogP contribution is -2.46. The fourth-order valence-corrected chi connectivity index (χ4v) is 6.23. The Hall–Kier alpha value is -0.500. The molecule has 0 saturated carbocycles. The van der Waals surface area contributed by atoms with Crippen LogP contribution in [-0.2, 0) is 18.4 Å². The summed E-state index contributed by atoms with van der Waals surface area (Å²) in [6.45, 7) is 4.68. The number of phosphoric ester groups is 1. The molecule has 0 aliphatic rings. The van der Waals surface area contributed by atoms with E-state index in [0.29, 0.717) is 23.9 Å². The van der Waals surface area contributed by atoms with Crippen molar-refractivity contribution in [3.63, 3.8) is 0 Å². The molecule has 0 bridgehead atoms. The van der Waals surface area contributed by atoms with Crippen LogP contribution >= 0.6 is 7.82 Å². The molecule has 0 spiro atoms. The second kappa shape index (κ2) is 29.6. The van der Waals surface area contributed by atoms with Gasteiger partial charge in [-0.2, -0.15) is 0 Å². The minimum Gasteiger partial charge on any atom is -0.756 e. The van der Waals surface area contributed by atoms with Crippen molar-refractivity contribution in [3.8, 4) is 0 Å². The fourth-order valence-electron chi connectivity index (χ4n) is 5.51. The maximum Gasteiger partial charge on any atom is 0.268 e. The number of phosphoric acid groups is 1. The van der Waals surface area contributed by atoms with Gasteiger partial charge in [0.05, 0.1) is 39.9 Å². The van der Waals surface area contributed by atoms with Gasteiger partial charge in [0.25, 0.3) is 7.82 Å². The second-order valence-electron chi connectivity index (χ2n) is 14.3. The average Bonchev–Trinajstić information content (AvgIpc) is 2.97. The SMILES string of the molecule is CCCCCCCCCCCCCCCCC[C@@H](O)[C@H](COP(=O)([O-])OCC[N+](C)(C)C)NC(=O)CCCCCCCCCC. The third kappa shape index (κ3) is 31.8. The third-order valence-corrected chi connectivity index (χ3v) is 9.56. The second-order valence-corrected chi connectivity index (χ2v) is 15.7. The summed E-state index contributed by atoms with van der Waals surface area (Å²) in [6, 6.07) is -0.789. The van der Waals surface area contributed by atoms with Crippen LogP contribution in [0.15, 0.2) is 0 Å². The number of unbranched alkanes of at least 4 members (excludes halogenated alkanes) is 21. The maximum absolute atomic E-state index is 12.7. The molecule has 0 aromatic heterocycles. The molecular weight excluding hydrogens is 587 g/mol. The molecule has 0 radical (unpaired) electrons. The minimum atomic E-state index is -4.54. The van der Waals surface area contributed by atoms with Crippen LogP contribution in [0.2, 0.25) is 0 Å². The number of carbonyl (C=O) groups excluding carboxylic acids is 1. The van der Waals surface area contributed by atoms with E-state index in [0.717, 1.165) is 38.5 Å². The van der Waals surface area contributed by atoms with E-state index in [1.807, 2.05) is 21.1 Å². The van der Waals surface area contributed by atoms with Gasteiger partial charge >= 0.3 is 0 Å². The summed E-state index contributed by atoms with van der Waals surface area (Å²) < 4.78 is 23.1. The molecule has 0 fully saturated rings. The van der Waals surface area contributed by atoms with Crippen LogP contribution in [0.4, 0.5) is 0 Å². The summed E-state index contributed by atoms with van der Waals surface area (Å²) in [5.74, 6) is -0.170. The standard InChI is InChI=1S/C36H75N2O6P/c1-6-8-10-12-14-16-17-18-19-20-21-22-23-25-27-29-35(39)34(33-44-45(41,42)43-32-31-38(3,4)5)37-36(40)30-28-26-24-15-13-11-9-7-2/h34-35,39H,6-33H2,1-5H3,(H-,37,40,41,42)/t34-,35+/m0/s1. The Balaban J connectivity index is 4.40. The van der Waals surface area contributed by atoms with Gasteiger partial charge in [-0.25, -0.2) is 0 Å². The van der Waals surface area contributed by atoms with E-state index in [2.05, 4.69) is 19.2 Å². The number of nitrogens with one attached hydrogen (secondary N) is 1. The molecule has 1 amide bonds. The van der Waals surface area contributed by atoms with E-state index in [4.69, 9.17) is 9.05 Å². The van der Waals surface area contributed by atoms with Crippen molar-refractivity contribution < 1.29 is 32.9 Å². The Morgan fingerprint density at radius 3 is 1.51 bits per heavy atom. The predicted molar refractivity (Wildman–Crippen MR) is 187 cm³/mol. The molecule has 0 rings (SSSR count). The number of nitrogens with zero attached hydrogens (tertiary/aromatic N) is 1. The van der Waals surface area contributed by atoms with Gasteiger partial charge in [0.15, 0.2) is 0 Å². The Morgan fingerprint density at radius 2 is 1.09 bits per heavy atom. The smallest absolute Gasteiger partial charge is 0.268 e. The Labute approximate surface area is 279 Å². The number of aliphatic hydroxyl groups excluding tert-OH is 1. The topological polar surface area (TPSA) is 108 Å². The largest absolute Gasteiger partial charge is 0.756 e. The quantitative estimate of drug-likeness (QED) is 0.0405. The molecule has 0 heterocycles. The first kappa shape index (κ1) is 44.5. The van der Waals surface area contributed by atoms with Gasteiger partial charge < -0.3 is 28.8 Å². The summed E-state index contributed by atoms with van der Waals surface area (Å²) >= 11 is 0. The van der Waals surface area contributed by atoms with Gasteiger partial charge in [-0.15, -0.1) is 0 Å². The molecule has 45 heavy (non-hydrogen) atoms. The van der Waals surface area contributed by atoms with E-state index in [1.165, 1.54) is 109 Å². The van der Waals surface area contributed by atoms with Crippen molar-refractivity contribution in [1.29, 1.82) is 0 Å². The van der Waals surface area contributed by atoms with Crippen LogP contribution in [-0.4, -0.2) is 68.5 Å². The Morgan fingerprint density at radius 1 is 0.689 bits per heavy atom. The van der Waals surface area contributed by atoms with E-state index in [9.17, 15) is 19.4 Å². The molecule has 0 aromatic carbocycles. The molecule has 1 unspecified atom stereocenters. The van der Waals surface area contributed by atoms with Crippen molar-refractivity contribution in [2.75, 3.05) is 40.9 Å². The number of hydrogen-bond acceptors (Lipinski definition) is 6. The lowest BCUT2D eigenvalue weighted by atomic mass is 10.0. The average molecular weight is 663 g/mol. The molecule has 0 aromatic rings. The summed E-state index contributed by atoms with van der Waals surface area (Å²) in [5, 5.41) is 13.8. The van der Waals surface area contributed by atoms with E-state index < -0.39 is 20.0 Å². The summed E-state index contributed by atoms with van der Waals surface area (Å²) in [7, 11) is 1.31. The van der Waals surface area contributed by atoms with Gasteiger partial charge in [-0.1, -0.05) is 155 Å². The molecule has 2 N–H and O–H groups in total. The number of carbonyl (C=O) groups is 1.